The zero-order chi connectivity index (χ0) is 13.3. The fourth-order valence-corrected chi connectivity index (χ4v) is 2.21. The second-order valence-electron chi connectivity index (χ2n) is 4.52. The van der Waals surface area contributed by atoms with Crippen molar-refractivity contribution >= 4 is 0 Å². The molecule has 2 N–H and O–H groups in total. The molecule has 1 aliphatic rings. The number of aryl methyl sites for hydroxylation is 1. The van der Waals surface area contributed by atoms with Gasteiger partial charge in [0, 0.05) is 24.7 Å². The quantitative estimate of drug-likeness (QED) is 0.793. The minimum Gasteiger partial charge on any atom is -0.396 e. The summed E-state index contributed by atoms with van der Waals surface area (Å²) in [5, 5.41) is 8.73. The van der Waals surface area contributed by atoms with Crippen molar-refractivity contribution in [3.8, 4) is 0 Å². The van der Waals surface area contributed by atoms with Crippen LogP contribution >= 0.6 is 0 Å². The first-order valence-electron chi connectivity index (χ1n) is 5.75. The van der Waals surface area contributed by atoms with Crippen molar-refractivity contribution in [1.82, 2.24) is 9.55 Å². The summed E-state index contributed by atoms with van der Waals surface area (Å²) in [5.74, 6) is -4.50. The van der Waals surface area contributed by atoms with Crippen LogP contribution in [0.5, 0.6) is 0 Å². The summed E-state index contributed by atoms with van der Waals surface area (Å²) in [7, 11) is 0. The lowest BCUT2D eigenvalue weighted by atomic mass is 10.2. The van der Waals surface area contributed by atoms with E-state index in [-0.39, 0.29) is 13.0 Å². The van der Waals surface area contributed by atoms with E-state index in [2.05, 4.69) is 4.98 Å². The van der Waals surface area contributed by atoms with E-state index < -0.39 is 35.6 Å². The van der Waals surface area contributed by atoms with Gasteiger partial charge in [0.25, 0.3) is 11.5 Å². The van der Waals surface area contributed by atoms with Gasteiger partial charge in [0.1, 0.15) is 0 Å². The predicted molar refractivity (Wildman–Crippen MR) is 59.6 cm³/mol. The average Bonchev–Trinajstić information content (AvgIpc) is 2.83. The molecule has 0 radical (unpaired) electrons. The predicted octanol–water partition coefficient (Wildman–Crippen LogP) is 0.190. The fraction of sp³-hybridized carbons (Fsp3) is 0.636. The number of hydrogen-bond donors (Lipinski definition) is 2. The molecule has 0 amide bonds. The molecule has 1 heterocycles. The van der Waals surface area contributed by atoms with Gasteiger partial charge < -0.3 is 9.67 Å². The minimum atomic E-state index is -2.77. The van der Waals surface area contributed by atoms with Crippen LogP contribution < -0.4 is 11.2 Å². The van der Waals surface area contributed by atoms with Gasteiger partial charge in [-0.15, -0.1) is 0 Å². The van der Waals surface area contributed by atoms with Gasteiger partial charge >= 0.3 is 5.69 Å². The summed E-state index contributed by atoms with van der Waals surface area (Å²) >= 11 is 0. The highest BCUT2D eigenvalue weighted by Gasteiger charge is 2.66. The van der Waals surface area contributed by atoms with Crippen molar-refractivity contribution < 1.29 is 13.9 Å². The molecule has 1 aliphatic carbocycles. The number of halogens is 2. The van der Waals surface area contributed by atoms with Crippen LogP contribution in [0.15, 0.2) is 21.9 Å². The van der Waals surface area contributed by atoms with E-state index in [9.17, 15) is 18.4 Å². The lowest BCUT2D eigenvalue weighted by Crippen LogP contribution is -2.28. The second kappa shape index (κ2) is 4.64. The molecule has 2 unspecified atom stereocenters. The van der Waals surface area contributed by atoms with Crippen LogP contribution in [0, 0.1) is 11.8 Å². The number of aliphatic hydroxyl groups is 1. The van der Waals surface area contributed by atoms with Crippen LogP contribution in [-0.2, 0) is 6.54 Å². The number of aromatic amines is 1. The molecule has 100 valence electrons. The number of rotatable bonds is 5. The van der Waals surface area contributed by atoms with Crippen LogP contribution in [0.1, 0.15) is 12.8 Å². The number of alkyl halides is 2. The van der Waals surface area contributed by atoms with Gasteiger partial charge in [-0.3, -0.25) is 9.78 Å². The summed E-state index contributed by atoms with van der Waals surface area (Å²) in [5.41, 5.74) is -1.02. The highest BCUT2D eigenvalue weighted by molar-refractivity contribution is 5.04. The van der Waals surface area contributed by atoms with E-state index in [1.54, 1.807) is 0 Å². The topological polar surface area (TPSA) is 75.1 Å². The summed E-state index contributed by atoms with van der Waals surface area (Å²) in [6.07, 6.45) is 2.00. The minimum absolute atomic E-state index is 0.254. The fourth-order valence-electron chi connectivity index (χ4n) is 2.21. The number of H-pyrrole nitrogens is 1. The van der Waals surface area contributed by atoms with E-state index in [1.165, 1.54) is 16.8 Å². The van der Waals surface area contributed by atoms with Crippen LogP contribution in [0.2, 0.25) is 0 Å². The Hall–Kier alpha value is -1.50. The van der Waals surface area contributed by atoms with Gasteiger partial charge in [0.15, 0.2) is 0 Å². The van der Waals surface area contributed by atoms with Crippen molar-refractivity contribution in [2.24, 2.45) is 11.8 Å². The standard InChI is InChI=1S/C11H14F2N2O3/c12-11(13)7(8(11)6-16)2-1-4-15-5-3-9(17)14-10(15)18/h3,5,7-8,16H,1-2,4,6H2,(H,14,17,18). The van der Waals surface area contributed by atoms with Gasteiger partial charge in [-0.05, 0) is 12.8 Å². The number of nitrogens with one attached hydrogen (secondary N) is 1. The number of aliphatic hydroxyl groups excluding tert-OH is 1. The highest BCUT2D eigenvalue weighted by Crippen LogP contribution is 2.57. The summed E-state index contributed by atoms with van der Waals surface area (Å²) in [6, 6.07) is 1.21. The smallest absolute Gasteiger partial charge is 0.328 e. The first-order valence-corrected chi connectivity index (χ1v) is 5.75. The van der Waals surface area contributed by atoms with Gasteiger partial charge in [-0.2, -0.15) is 0 Å². The molecule has 0 aromatic carbocycles. The molecule has 2 rings (SSSR count). The Kier molecular flexibility index (Phi) is 3.34. The van der Waals surface area contributed by atoms with E-state index in [0.717, 1.165) is 0 Å². The van der Waals surface area contributed by atoms with Gasteiger partial charge in [0.05, 0.1) is 12.5 Å². The summed E-state index contributed by atoms with van der Waals surface area (Å²) in [6.45, 7) is -0.226. The lowest BCUT2D eigenvalue weighted by Gasteiger charge is -2.03. The Morgan fingerprint density at radius 3 is 2.67 bits per heavy atom. The van der Waals surface area contributed by atoms with Crippen molar-refractivity contribution in [2.45, 2.75) is 25.3 Å². The third-order valence-corrected chi connectivity index (χ3v) is 3.37. The van der Waals surface area contributed by atoms with Crippen molar-refractivity contribution in [2.75, 3.05) is 6.61 Å². The molecule has 2 atom stereocenters. The average molecular weight is 260 g/mol. The molecule has 0 aliphatic heterocycles. The Balaban J connectivity index is 1.87. The molecular weight excluding hydrogens is 246 g/mol. The maximum atomic E-state index is 13.0. The second-order valence-corrected chi connectivity index (χ2v) is 4.52. The Labute approximate surface area is 101 Å². The van der Waals surface area contributed by atoms with E-state index in [1.807, 2.05) is 0 Å². The first-order chi connectivity index (χ1) is 8.46. The molecule has 0 saturated heterocycles. The van der Waals surface area contributed by atoms with Gasteiger partial charge in [-0.25, -0.2) is 13.6 Å². The first kappa shape index (κ1) is 12.9. The van der Waals surface area contributed by atoms with E-state index >= 15 is 0 Å². The maximum absolute atomic E-state index is 13.0. The molecule has 0 bridgehead atoms. The zero-order valence-electron chi connectivity index (χ0n) is 9.60. The molecule has 18 heavy (non-hydrogen) atoms. The Morgan fingerprint density at radius 2 is 2.11 bits per heavy atom. The molecule has 1 aromatic heterocycles. The van der Waals surface area contributed by atoms with Crippen LogP contribution in [-0.4, -0.2) is 27.2 Å². The van der Waals surface area contributed by atoms with Gasteiger partial charge in [-0.1, -0.05) is 0 Å². The summed E-state index contributed by atoms with van der Waals surface area (Å²) in [4.78, 5) is 24.2. The molecular formula is C11H14F2N2O3. The van der Waals surface area contributed by atoms with Crippen molar-refractivity contribution in [3.63, 3.8) is 0 Å². The van der Waals surface area contributed by atoms with Crippen LogP contribution in [0.3, 0.4) is 0 Å². The normalized spacial score (nSPS) is 25.1. The molecule has 0 spiro atoms. The van der Waals surface area contributed by atoms with E-state index in [4.69, 9.17) is 5.11 Å². The SMILES string of the molecule is O=c1ccn(CCCC2C(CO)C2(F)F)c(=O)[nH]1. The molecule has 7 heteroatoms. The number of aromatic nitrogens is 2. The molecule has 1 saturated carbocycles. The lowest BCUT2D eigenvalue weighted by molar-refractivity contribution is 0.0708. The summed E-state index contributed by atoms with van der Waals surface area (Å²) < 4.78 is 27.4. The third kappa shape index (κ3) is 2.35. The highest BCUT2D eigenvalue weighted by atomic mass is 19.3. The third-order valence-electron chi connectivity index (χ3n) is 3.37. The van der Waals surface area contributed by atoms with E-state index in [0.29, 0.717) is 6.42 Å². The number of nitrogens with zero attached hydrogens (tertiary/aromatic N) is 1. The molecule has 1 aromatic rings. The van der Waals surface area contributed by atoms with Crippen LogP contribution in [0.4, 0.5) is 8.78 Å². The van der Waals surface area contributed by atoms with Crippen molar-refractivity contribution in [3.05, 3.63) is 33.1 Å². The molecule has 5 nitrogen and oxygen atoms in total. The maximum Gasteiger partial charge on any atom is 0.328 e. The van der Waals surface area contributed by atoms with Crippen molar-refractivity contribution in [1.29, 1.82) is 0 Å². The zero-order valence-corrected chi connectivity index (χ0v) is 9.60. The number of hydrogen-bond acceptors (Lipinski definition) is 3. The largest absolute Gasteiger partial charge is 0.396 e. The molecule has 1 fully saturated rings. The van der Waals surface area contributed by atoms with Gasteiger partial charge in [0.2, 0.25) is 0 Å². The Morgan fingerprint density at radius 1 is 1.39 bits per heavy atom. The Bertz CT molecular complexity index is 538. The van der Waals surface area contributed by atoms with Crippen LogP contribution in [0.25, 0.3) is 0 Å². The monoisotopic (exact) mass is 260 g/mol.